The molecule has 5 heteroatoms. The summed E-state index contributed by atoms with van der Waals surface area (Å²) in [6, 6.07) is 16.6. The van der Waals surface area contributed by atoms with Crippen LogP contribution in [0.2, 0.25) is 5.02 Å². The summed E-state index contributed by atoms with van der Waals surface area (Å²) in [5.74, 6) is 0. The molecule has 2 aromatic rings. The van der Waals surface area contributed by atoms with Crippen LogP contribution >= 0.6 is 11.6 Å². The predicted octanol–water partition coefficient (Wildman–Crippen LogP) is 4.30. The third-order valence-electron chi connectivity index (χ3n) is 3.32. The van der Waals surface area contributed by atoms with Gasteiger partial charge in [-0.25, -0.2) is 9.80 Å². The van der Waals surface area contributed by atoms with Gasteiger partial charge in [0.15, 0.2) is 0 Å². The molecule has 4 nitrogen and oxygen atoms in total. The number of hydrogen-bond acceptors (Lipinski definition) is 2. The fourth-order valence-corrected chi connectivity index (χ4v) is 2.40. The molecule has 2 amide bonds. The molecule has 1 aliphatic rings. The van der Waals surface area contributed by atoms with Gasteiger partial charge in [-0.3, -0.25) is 0 Å². The van der Waals surface area contributed by atoms with Crippen molar-refractivity contribution in [2.24, 2.45) is 5.10 Å². The second-order valence-electron chi connectivity index (χ2n) is 4.74. The van der Waals surface area contributed by atoms with Gasteiger partial charge in [-0.15, -0.1) is 0 Å². The molecule has 1 N–H and O–H groups in total. The summed E-state index contributed by atoms with van der Waals surface area (Å²) in [4.78, 5) is 12.4. The van der Waals surface area contributed by atoms with Crippen molar-refractivity contribution in [2.75, 3.05) is 5.32 Å². The highest BCUT2D eigenvalue weighted by molar-refractivity contribution is 6.30. The first-order valence-electron chi connectivity index (χ1n) is 6.67. The summed E-state index contributed by atoms with van der Waals surface area (Å²) < 4.78 is 0. The molecule has 2 aromatic carbocycles. The van der Waals surface area contributed by atoms with Gasteiger partial charge in [-0.1, -0.05) is 41.9 Å². The van der Waals surface area contributed by atoms with E-state index in [4.69, 9.17) is 11.6 Å². The van der Waals surface area contributed by atoms with Gasteiger partial charge >= 0.3 is 6.03 Å². The Morgan fingerprint density at radius 2 is 1.86 bits per heavy atom. The smallest absolute Gasteiger partial charge is 0.306 e. The summed E-state index contributed by atoms with van der Waals surface area (Å²) in [5, 5.41) is 9.11. The minimum atomic E-state index is -0.250. The van der Waals surface area contributed by atoms with Gasteiger partial charge in [-0.2, -0.15) is 5.10 Å². The molecule has 1 atom stereocenters. The number of nitrogens with one attached hydrogen (secondary N) is 1. The van der Waals surface area contributed by atoms with E-state index in [0.29, 0.717) is 10.7 Å². The van der Waals surface area contributed by atoms with Gasteiger partial charge in [0.05, 0.1) is 6.04 Å². The van der Waals surface area contributed by atoms with Crippen LogP contribution in [0.25, 0.3) is 0 Å². The third kappa shape index (κ3) is 3.06. The Hall–Kier alpha value is -2.33. The Kier molecular flexibility index (Phi) is 3.88. The molecule has 21 heavy (non-hydrogen) atoms. The van der Waals surface area contributed by atoms with Gasteiger partial charge in [0.2, 0.25) is 0 Å². The molecule has 3 rings (SSSR count). The molecule has 0 fully saturated rings. The molecule has 0 spiro atoms. The lowest BCUT2D eigenvalue weighted by atomic mass is 10.1. The average Bonchev–Trinajstić information content (AvgIpc) is 3.00. The number of hydrogen-bond donors (Lipinski definition) is 1. The van der Waals surface area contributed by atoms with E-state index in [0.717, 1.165) is 12.0 Å². The van der Waals surface area contributed by atoms with Crippen LogP contribution in [0.5, 0.6) is 0 Å². The minimum Gasteiger partial charge on any atom is -0.306 e. The monoisotopic (exact) mass is 299 g/mol. The quantitative estimate of drug-likeness (QED) is 0.882. The Morgan fingerprint density at radius 1 is 1.14 bits per heavy atom. The van der Waals surface area contributed by atoms with Gasteiger partial charge in [0, 0.05) is 23.3 Å². The van der Waals surface area contributed by atoms with E-state index in [9.17, 15) is 4.79 Å². The minimum absolute atomic E-state index is 0.0569. The molecule has 0 aromatic heterocycles. The summed E-state index contributed by atoms with van der Waals surface area (Å²) in [6.45, 7) is 0. The van der Waals surface area contributed by atoms with Gasteiger partial charge < -0.3 is 5.32 Å². The first-order valence-corrected chi connectivity index (χ1v) is 7.05. The van der Waals surface area contributed by atoms with Crippen LogP contribution < -0.4 is 5.32 Å². The molecule has 0 radical (unpaired) electrons. The molecule has 1 aliphatic heterocycles. The van der Waals surface area contributed by atoms with E-state index in [1.807, 2.05) is 30.3 Å². The topological polar surface area (TPSA) is 44.7 Å². The molecule has 0 saturated carbocycles. The number of benzene rings is 2. The Balaban J connectivity index is 1.74. The van der Waals surface area contributed by atoms with Crippen molar-refractivity contribution in [1.82, 2.24) is 5.01 Å². The molecule has 0 bridgehead atoms. The number of anilines is 1. The number of rotatable bonds is 2. The van der Waals surface area contributed by atoms with Crippen molar-refractivity contribution >= 4 is 29.5 Å². The maximum Gasteiger partial charge on any atom is 0.342 e. The van der Waals surface area contributed by atoms with Crippen LogP contribution in [0.1, 0.15) is 18.0 Å². The normalized spacial score (nSPS) is 17.0. The Morgan fingerprint density at radius 3 is 2.57 bits per heavy atom. The summed E-state index contributed by atoms with van der Waals surface area (Å²) in [7, 11) is 0. The van der Waals surface area contributed by atoms with E-state index in [2.05, 4.69) is 10.4 Å². The van der Waals surface area contributed by atoms with E-state index < -0.39 is 0 Å². The van der Waals surface area contributed by atoms with E-state index in [1.165, 1.54) is 5.01 Å². The van der Waals surface area contributed by atoms with Crippen molar-refractivity contribution < 1.29 is 4.79 Å². The lowest BCUT2D eigenvalue weighted by Crippen LogP contribution is -2.31. The zero-order valence-electron chi connectivity index (χ0n) is 11.2. The zero-order valence-corrected chi connectivity index (χ0v) is 12.0. The fourth-order valence-electron chi connectivity index (χ4n) is 2.28. The standard InChI is InChI=1S/C16H14ClN3O/c17-13-6-8-14(9-7-13)19-16(21)20-15(10-11-18-20)12-4-2-1-3-5-12/h1-9,11,15H,10H2,(H,19,21)/t15-/m0/s1. The molecule has 106 valence electrons. The molecular formula is C16H14ClN3O. The average molecular weight is 300 g/mol. The Bertz CT molecular complexity index is 655. The number of halogens is 1. The maximum atomic E-state index is 12.4. The number of carbonyl (C=O) groups is 1. The van der Waals surface area contributed by atoms with E-state index in [1.54, 1.807) is 30.5 Å². The summed E-state index contributed by atoms with van der Waals surface area (Å²) in [6.07, 6.45) is 2.48. The molecular weight excluding hydrogens is 286 g/mol. The zero-order chi connectivity index (χ0) is 14.7. The highest BCUT2D eigenvalue weighted by Crippen LogP contribution is 2.28. The van der Waals surface area contributed by atoms with Crippen molar-refractivity contribution in [3.8, 4) is 0 Å². The number of hydrazone groups is 1. The third-order valence-corrected chi connectivity index (χ3v) is 3.57. The number of urea groups is 1. The molecule has 0 saturated heterocycles. The van der Waals surface area contributed by atoms with Crippen LogP contribution in [0.4, 0.5) is 10.5 Å². The molecule has 0 unspecified atom stereocenters. The van der Waals surface area contributed by atoms with E-state index in [-0.39, 0.29) is 12.1 Å². The lowest BCUT2D eigenvalue weighted by Gasteiger charge is -2.22. The second kappa shape index (κ2) is 5.97. The molecule has 0 aliphatic carbocycles. The van der Waals surface area contributed by atoms with Gasteiger partial charge in [-0.05, 0) is 29.8 Å². The van der Waals surface area contributed by atoms with Crippen molar-refractivity contribution in [3.63, 3.8) is 0 Å². The maximum absolute atomic E-state index is 12.4. The first kappa shape index (κ1) is 13.6. The SMILES string of the molecule is O=C(Nc1ccc(Cl)cc1)N1N=CC[C@H]1c1ccccc1. The number of amides is 2. The highest BCUT2D eigenvalue weighted by Gasteiger charge is 2.28. The van der Waals surface area contributed by atoms with Crippen LogP contribution in [0.3, 0.4) is 0 Å². The van der Waals surface area contributed by atoms with Crippen molar-refractivity contribution in [1.29, 1.82) is 0 Å². The highest BCUT2D eigenvalue weighted by atomic mass is 35.5. The lowest BCUT2D eigenvalue weighted by molar-refractivity contribution is 0.200. The summed E-state index contributed by atoms with van der Waals surface area (Å²) in [5.41, 5.74) is 1.76. The van der Waals surface area contributed by atoms with E-state index >= 15 is 0 Å². The number of carbonyl (C=O) groups excluding carboxylic acids is 1. The van der Waals surface area contributed by atoms with Crippen LogP contribution in [0.15, 0.2) is 59.7 Å². The van der Waals surface area contributed by atoms with Gasteiger partial charge in [0.1, 0.15) is 0 Å². The Labute approximate surface area is 128 Å². The van der Waals surface area contributed by atoms with Crippen LogP contribution in [-0.4, -0.2) is 17.3 Å². The van der Waals surface area contributed by atoms with Crippen molar-refractivity contribution in [3.05, 3.63) is 65.2 Å². The van der Waals surface area contributed by atoms with Crippen LogP contribution in [-0.2, 0) is 0 Å². The largest absolute Gasteiger partial charge is 0.342 e. The molecule has 1 heterocycles. The predicted molar refractivity (Wildman–Crippen MR) is 84.6 cm³/mol. The van der Waals surface area contributed by atoms with Crippen molar-refractivity contribution in [2.45, 2.75) is 12.5 Å². The fraction of sp³-hybridized carbons (Fsp3) is 0.125. The van der Waals surface area contributed by atoms with Crippen LogP contribution in [0, 0.1) is 0 Å². The van der Waals surface area contributed by atoms with Gasteiger partial charge in [0.25, 0.3) is 0 Å². The summed E-state index contributed by atoms with van der Waals surface area (Å²) >= 11 is 5.83. The second-order valence-corrected chi connectivity index (χ2v) is 5.18. The number of nitrogens with zero attached hydrogens (tertiary/aromatic N) is 2. The first-order chi connectivity index (χ1) is 10.2.